The van der Waals surface area contributed by atoms with Gasteiger partial charge in [-0.15, -0.1) is 0 Å². The van der Waals surface area contributed by atoms with Gasteiger partial charge < -0.3 is 14.8 Å². The van der Waals surface area contributed by atoms with Crippen LogP contribution in [0.1, 0.15) is 73.1 Å². The Bertz CT molecular complexity index is 441. The summed E-state index contributed by atoms with van der Waals surface area (Å²) in [6, 6.07) is 0. The van der Waals surface area contributed by atoms with Crippen molar-refractivity contribution in [3.63, 3.8) is 0 Å². The van der Waals surface area contributed by atoms with Crippen molar-refractivity contribution in [2.75, 3.05) is 13.2 Å². The summed E-state index contributed by atoms with van der Waals surface area (Å²) in [6.07, 6.45) is 5.11. The average Bonchev–Trinajstić information content (AvgIpc) is 2.60. The Kier molecular flexibility index (Phi) is 11.1. The van der Waals surface area contributed by atoms with Crippen LogP contribution < -0.4 is 5.32 Å². The first kappa shape index (κ1) is 23.1. The standard InChI is InChI=1S/C21H38FNO3/c1-6-10-16(8-3)15(5)26-21(25-9-4)14-23-20-13-17(24)12-19(22)18(20)11-7-2/h13,15-16,18-19,21,23H,6-12,14H2,1-5H3/t15-,16?,18?,19?,21?/m0/s1. The van der Waals surface area contributed by atoms with Crippen LogP contribution in [0.15, 0.2) is 11.8 Å². The predicted molar refractivity (Wildman–Crippen MR) is 104 cm³/mol. The number of hydrogen-bond acceptors (Lipinski definition) is 4. The van der Waals surface area contributed by atoms with Crippen LogP contribution in [0.5, 0.6) is 0 Å². The number of nitrogens with one attached hydrogen (secondary N) is 1. The maximum absolute atomic E-state index is 14.3. The Morgan fingerprint density at radius 3 is 2.58 bits per heavy atom. The fraction of sp³-hybridized carbons (Fsp3) is 0.857. The zero-order valence-corrected chi connectivity index (χ0v) is 17.2. The van der Waals surface area contributed by atoms with Gasteiger partial charge in [0, 0.05) is 30.7 Å². The number of carbonyl (C=O) groups excluding carboxylic acids is 1. The van der Waals surface area contributed by atoms with Gasteiger partial charge in [-0.3, -0.25) is 4.79 Å². The van der Waals surface area contributed by atoms with Gasteiger partial charge in [-0.05, 0) is 32.6 Å². The van der Waals surface area contributed by atoms with Crippen LogP contribution in [0, 0.1) is 11.8 Å². The summed E-state index contributed by atoms with van der Waals surface area (Å²) in [6.45, 7) is 11.4. The van der Waals surface area contributed by atoms with Crippen molar-refractivity contribution in [1.82, 2.24) is 5.32 Å². The summed E-state index contributed by atoms with van der Waals surface area (Å²) >= 11 is 0. The molecule has 1 N–H and O–H groups in total. The summed E-state index contributed by atoms with van der Waals surface area (Å²) in [5.41, 5.74) is 0.692. The molecule has 152 valence electrons. The summed E-state index contributed by atoms with van der Waals surface area (Å²) in [4.78, 5) is 11.8. The van der Waals surface area contributed by atoms with Crippen molar-refractivity contribution in [1.29, 1.82) is 0 Å². The average molecular weight is 372 g/mol. The zero-order chi connectivity index (χ0) is 19.5. The van der Waals surface area contributed by atoms with Gasteiger partial charge >= 0.3 is 0 Å². The fourth-order valence-corrected chi connectivity index (χ4v) is 3.72. The summed E-state index contributed by atoms with van der Waals surface area (Å²) in [7, 11) is 0. The van der Waals surface area contributed by atoms with Gasteiger partial charge in [0.25, 0.3) is 0 Å². The highest BCUT2D eigenvalue weighted by atomic mass is 19.1. The van der Waals surface area contributed by atoms with E-state index in [-0.39, 0.29) is 24.2 Å². The van der Waals surface area contributed by atoms with Gasteiger partial charge in [0.15, 0.2) is 12.1 Å². The first-order valence-corrected chi connectivity index (χ1v) is 10.4. The molecule has 4 nitrogen and oxygen atoms in total. The minimum Gasteiger partial charge on any atom is -0.383 e. The maximum Gasteiger partial charge on any atom is 0.174 e. The Labute approximate surface area is 158 Å². The number of rotatable bonds is 13. The molecule has 0 aromatic rings. The Hall–Kier alpha value is -0.940. The van der Waals surface area contributed by atoms with E-state index in [1.165, 1.54) is 0 Å². The molecular weight excluding hydrogens is 333 g/mol. The monoisotopic (exact) mass is 371 g/mol. The molecule has 0 radical (unpaired) electrons. The third-order valence-corrected chi connectivity index (χ3v) is 5.19. The highest BCUT2D eigenvalue weighted by molar-refractivity contribution is 5.91. The molecule has 1 aliphatic rings. The molecule has 1 rings (SSSR count). The molecule has 0 heterocycles. The number of ketones is 1. The van der Waals surface area contributed by atoms with Crippen LogP contribution >= 0.6 is 0 Å². The third-order valence-electron chi connectivity index (χ3n) is 5.19. The van der Waals surface area contributed by atoms with Crippen molar-refractivity contribution in [3.8, 4) is 0 Å². The molecule has 0 fully saturated rings. The molecule has 1 aliphatic carbocycles. The van der Waals surface area contributed by atoms with E-state index in [1.807, 2.05) is 13.8 Å². The second kappa shape index (κ2) is 12.4. The van der Waals surface area contributed by atoms with Gasteiger partial charge in [-0.25, -0.2) is 4.39 Å². The van der Waals surface area contributed by atoms with Crippen LogP contribution in [0.2, 0.25) is 0 Å². The highest BCUT2D eigenvalue weighted by Crippen LogP contribution is 2.28. The van der Waals surface area contributed by atoms with Crippen molar-refractivity contribution < 1.29 is 18.7 Å². The SMILES string of the molecule is CCCC1C(NCC(OCC)O[C@@H](C)C(CC)CCC)=CC(=O)CC1F. The minimum absolute atomic E-state index is 0.00648. The second-order valence-electron chi connectivity index (χ2n) is 7.25. The van der Waals surface area contributed by atoms with E-state index in [4.69, 9.17) is 9.47 Å². The number of hydrogen-bond donors (Lipinski definition) is 1. The number of alkyl halides is 1. The number of ether oxygens (including phenoxy) is 2. The Morgan fingerprint density at radius 2 is 2.00 bits per heavy atom. The van der Waals surface area contributed by atoms with Crippen LogP contribution in [0.4, 0.5) is 4.39 Å². The molecule has 0 aliphatic heterocycles. The molecule has 0 aromatic carbocycles. The van der Waals surface area contributed by atoms with E-state index >= 15 is 0 Å². The summed E-state index contributed by atoms with van der Waals surface area (Å²) in [5, 5.41) is 3.25. The lowest BCUT2D eigenvalue weighted by Gasteiger charge is -2.31. The van der Waals surface area contributed by atoms with E-state index in [2.05, 4.69) is 26.1 Å². The molecule has 0 aromatic heterocycles. The Balaban J connectivity index is 2.69. The molecule has 0 bridgehead atoms. The van der Waals surface area contributed by atoms with Gasteiger partial charge in [-0.2, -0.15) is 0 Å². The Morgan fingerprint density at radius 1 is 1.27 bits per heavy atom. The van der Waals surface area contributed by atoms with Crippen LogP contribution in [0.25, 0.3) is 0 Å². The molecule has 0 saturated carbocycles. The molecule has 0 spiro atoms. The van der Waals surface area contributed by atoms with Crippen molar-refractivity contribution in [3.05, 3.63) is 11.8 Å². The van der Waals surface area contributed by atoms with Crippen LogP contribution in [0.3, 0.4) is 0 Å². The highest BCUT2D eigenvalue weighted by Gasteiger charge is 2.31. The number of allylic oxidation sites excluding steroid dienone is 2. The van der Waals surface area contributed by atoms with E-state index in [1.54, 1.807) is 6.08 Å². The smallest absolute Gasteiger partial charge is 0.174 e. The third kappa shape index (κ3) is 7.36. The van der Waals surface area contributed by atoms with Gasteiger partial charge in [0.1, 0.15) is 6.17 Å². The zero-order valence-electron chi connectivity index (χ0n) is 17.2. The topological polar surface area (TPSA) is 47.6 Å². The quantitative estimate of drug-likeness (QED) is 0.473. The molecule has 4 unspecified atom stereocenters. The van der Waals surface area contributed by atoms with Gasteiger partial charge in [0.2, 0.25) is 0 Å². The molecule has 5 atom stereocenters. The van der Waals surface area contributed by atoms with Gasteiger partial charge in [0.05, 0.1) is 12.6 Å². The van der Waals surface area contributed by atoms with E-state index in [0.29, 0.717) is 24.8 Å². The molecule has 0 amide bonds. The molecular formula is C21H38FNO3. The van der Waals surface area contributed by atoms with Crippen molar-refractivity contribution in [2.45, 2.75) is 91.7 Å². The normalized spacial score (nSPS) is 24.1. The lowest BCUT2D eigenvalue weighted by molar-refractivity contribution is -0.173. The fourth-order valence-electron chi connectivity index (χ4n) is 3.72. The number of carbonyl (C=O) groups is 1. The maximum atomic E-state index is 14.3. The molecule has 0 saturated heterocycles. The second-order valence-corrected chi connectivity index (χ2v) is 7.25. The minimum atomic E-state index is -1.10. The van der Waals surface area contributed by atoms with Crippen LogP contribution in [-0.4, -0.2) is 37.5 Å². The van der Waals surface area contributed by atoms with Crippen LogP contribution in [-0.2, 0) is 14.3 Å². The first-order valence-electron chi connectivity index (χ1n) is 10.4. The summed E-state index contributed by atoms with van der Waals surface area (Å²) in [5.74, 6) is 0.117. The largest absolute Gasteiger partial charge is 0.383 e. The van der Waals surface area contributed by atoms with E-state index in [9.17, 15) is 9.18 Å². The van der Waals surface area contributed by atoms with Gasteiger partial charge in [-0.1, -0.05) is 40.0 Å². The number of halogens is 1. The summed E-state index contributed by atoms with van der Waals surface area (Å²) < 4.78 is 26.2. The predicted octanol–water partition coefficient (Wildman–Crippen LogP) is 4.78. The van der Waals surface area contributed by atoms with Crippen molar-refractivity contribution >= 4 is 5.78 Å². The molecule has 26 heavy (non-hydrogen) atoms. The van der Waals surface area contributed by atoms with Crippen molar-refractivity contribution in [2.24, 2.45) is 11.8 Å². The van der Waals surface area contributed by atoms with E-state index in [0.717, 1.165) is 32.1 Å². The first-order chi connectivity index (χ1) is 12.5. The van der Waals surface area contributed by atoms with E-state index < -0.39 is 12.5 Å². The lowest BCUT2D eigenvalue weighted by Crippen LogP contribution is -2.40. The lowest BCUT2D eigenvalue weighted by atomic mass is 9.86. The molecule has 5 heteroatoms.